The third-order valence-electron chi connectivity index (χ3n) is 4.19. The van der Waals surface area contributed by atoms with Crippen LogP contribution in [0.3, 0.4) is 0 Å². The molecular weight excluding hydrogens is 304 g/mol. The number of benzene rings is 1. The Hall–Kier alpha value is -1.46. The van der Waals surface area contributed by atoms with Crippen molar-refractivity contribution < 1.29 is 14.3 Å². The van der Waals surface area contributed by atoms with E-state index < -0.39 is 11.8 Å². The summed E-state index contributed by atoms with van der Waals surface area (Å²) in [5.74, 6) is 0.898. The van der Waals surface area contributed by atoms with E-state index >= 15 is 0 Å². The summed E-state index contributed by atoms with van der Waals surface area (Å²) in [6, 6.07) is 4.96. The summed E-state index contributed by atoms with van der Waals surface area (Å²) in [6.07, 6.45) is 4.09. The molecule has 1 aromatic carbocycles. The SMILES string of the molecule is CC(C)[C@H](N)C(=O)Nc1ccc2c(c1)OC1(CCCC1)O2.Cl. The number of rotatable bonds is 3. The Morgan fingerprint density at radius 2 is 1.86 bits per heavy atom. The quantitative estimate of drug-likeness (QED) is 0.895. The molecule has 0 unspecified atom stereocenters. The van der Waals surface area contributed by atoms with Gasteiger partial charge >= 0.3 is 0 Å². The number of carbonyl (C=O) groups excluding carboxylic acids is 1. The molecule has 1 aliphatic carbocycles. The summed E-state index contributed by atoms with van der Waals surface area (Å²) < 4.78 is 11.9. The predicted molar refractivity (Wildman–Crippen MR) is 87.6 cm³/mol. The molecule has 1 spiro atoms. The van der Waals surface area contributed by atoms with Gasteiger partial charge in [0.1, 0.15) is 0 Å². The molecular formula is C16H23ClN2O3. The van der Waals surface area contributed by atoms with Gasteiger partial charge in [-0.25, -0.2) is 0 Å². The number of hydrogen-bond donors (Lipinski definition) is 2. The van der Waals surface area contributed by atoms with Crippen molar-refractivity contribution in [3.05, 3.63) is 18.2 Å². The highest BCUT2D eigenvalue weighted by atomic mass is 35.5. The van der Waals surface area contributed by atoms with Crippen LogP contribution in [0.2, 0.25) is 0 Å². The van der Waals surface area contributed by atoms with Crippen molar-refractivity contribution in [2.24, 2.45) is 11.7 Å². The average Bonchev–Trinajstić information content (AvgIpc) is 3.03. The first-order valence-electron chi connectivity index (χ1n) is 7.58. The number of halogens is 1. The minimum Gasteiger partial charge on any atom is -0.448 e. The van der Waals surface area contributed by atoms with Gasteiger partial charge in [0.05, 0.1) is 6.04 Å². The van der Waals surface area contributed by atoms with Crippen molar-refractivity contribution in [1.29, 1.82) is 0 Å². The van der Waals surface area contributed by atoms with E-state index in [2.05, 4.69) is 5.32 Å². The minimum atomic E-state index is -0.517. The Morgan fingerprint density at radius 1 is 1.23 bits per heavy atom. The van der Waals surface area contributed by atoms with Crippen LogP contribution in [0.5, 0.6) is 11.5 Å². The van der Waals surface area contributed by atoms with Crippen LogP contribution in [0, 0.1) is 5.92 Å². The summed E-state index contributed by atoms with van der Waals surface area (Å²) in [7, 11) is 0. The van der Waals surface area contributed by atoms with E-state index in [0.29, 0.717) is 11.4 Å². The minimum absolute atomic E-state index is 0. The molecule has 1 fully saturated rings. The van der Waals surface area contributed by atoms with Crippen LogP contribution < -0.4 is 20.5 Å². The summed E-state index contributed by atoms with van der Waals surface area (Å²) in [6.45, 7) is 3.85. The third kappa shape index (κ3) is 3.15. The molecule has 1 heterocycles. The number of amides is 1. The molecule has 3 N–H and O–H groups in total. The second-order valence-corrected chi connectivity index (χ2v) is 6.24. The molecule has 0 saturated heterocycles. The second-order valence-electron chi connectivity index (χ2n) is 6.24. The molecule has 6 heteroatoms. The van der Waals surface area contributed by atoms with Crippen molar-refractivity contribution in [1.82, 2.24) is 0 Å². The zero-order valence-electron chi connectivity index (χ0n) is 12.9. The van der Waals surface area contributed by atoms with Gasteiger partial charge in [-0.3, -0.25) is 4.79 Å². The van der Waals surface area contributed by atoms with E-state index in [4.69, 9.17) is 15.2 Å². The fourth-order valence-corrected chi connectivity index (χ4v) is 2.82. The lowest BCUT2D eigenvalue weighted by Gasteiger charge is -2.21. The van der Waals surface area contributed by atoms with Crippen LogP contribution in [0.4, 0.5) is 5.69 Å². The molecule has 0 aromatic heterocycles. The van der Waals surface area contributed by atoms with E-state index in [9.17, 15) is 4.79 Å². The van der Waals surface area contributed by atoms with Crippen LogP contribution in [0.1, 0.15) is 39.5 Å². The first-order valence-corrected chi connectivity index (χ1v) is 7.58. The topological polar surface area (TPSA) is 73.6 Å². The van der Waals surface area contributed by atoms with Crippen molar-refractivity contribution in [2.75, 3.05) is 5.32 Å². The van der Waals surface area contributed by atoms with Gasteiger partial charge in [0.25, 0.3) is 5.79 Å². The van der Waals surface area contributed by atoms with Gasteiger partial charge in [-0.15, -0.1) is 12.4 Å². The van der Waals surface area contributed by atoms with Crippen molar-refractivity contribution in [3.8, 4) is 11.5 Å². The Bertz CT molecular complexity index is 556. The largest absolute Gasteiger partial charge is 0.448 e. The van der Waals surface area contributed by atoms with Crippen molar-refractivity contribution >= 4 is 24.0 Å². The van der Waals surface area contributed by atoms with Crippen LogP contribution in [0.15, 0.2) is 18.2 Å². The van der Waals surface area contributed by atoms with Gasteiger partial charge in [-0.1, -0.05) is 13.8 Å². The zero-order chi connectivity index (χ0) is 15.0. The summed E-state index contributed by atoms with van der Waals surface area (Å²) >= 11 is 0. The normalized spacial score (nSPS) is 19.1. The van der Waals surface area contributed by atoms with E-state index in [0.717, 1.165) is 31.4 Å². The van der Waals surface area contributed by atoms with Gasteiger partial charge in [-0.05, 0) is 30.9 Å². The molecule has 3 rings (SSSR count). The Morgan fingerprint density at radius 3 is 2.50 bits per heavy atom. The maximum Gasteiger partial charge on any atom is 0.251 e. The highest BCUT2D eigenvalue weighted by Gasteiger charge is 2.44. The number of fused-ring (bicyclic) bond motifs is 1. The lowest BCUT2D eigenvalue weighted by atomic mass is 10.0. The number of nitrogens with one attached hydrogen (secondary N) is 1. The molecule has 0 bridgehead atoms. The van der Waals surface area contributed by atoms with Crippen LogP contribution in [-0.2, 0) is 4.79 Å². The van der Waals surface area contributed by atoms with Crippen LogP contribution in [-0.4, -0.2) is 17.7 Å². The molecule has 0 radical (unpaired) electrons. The number of ether oxygens (including phenoxy) is 2. The van der Waals surface area contributed by atoms with Gasteiger partial charge in [0, 0.05) is 24.6 Å². The average molecular weight is 327 g/mol. The molecule has 1 saturated carbocycles. The van der Waals surface area contributed by atoms with Crippen LogP contribution in [0.25, 0.3) is 0 Å². The molecule has 1 amide bonds. The summed E-state index contributed by atoms with van der Waals surface area (Å²) in [5.41, 5.74) is 6.54. The molecule has 5 nitrogen and oxygen atoms in total. The third-order valence-corrected chi connectivity index (χ3v) is 4.19. The van der Waals surface area contributed by atoms with Crippen molar-refractivity contribution in [2.45, 2.75) is 51.4 Å². The lowest BCUT2D eigenvalue weighted by Crippen LogP contribution is -2.39. The number of nitrogens with two attached hydrogens (primary N) is 1. The highest BCUT2D eigenvalue weighted by Crippen LogP contribution is 2.47. The molecule has 122 valence electrons. The predicted octanol–water partition coefficient (Wildman–Crippen LogP) is 3.07. The molecule has 1 aliphatic heterocycles. The molecule has 1 aromatic rings. The fourth-order valence-electron chi connectivity index (χ4n) is 2.82. The van der Waals surface area contributed by atoms with Gasteiger partial charge in [-0.2, -0.15) is 0 Å². The maximum atomic E-state index is 12.0. The van der Waals surface area contributed by atoms with E-state index in [1.807, 2.05) is 32.0 Å². The molecule has 1 atom stereocenters. The van der Waals surface area contributed by atoms with E-state index in [-0.39, 0.29) is 24.2 Å². The summed E-state index contributed by atoms with van der Waals surface area (Å²) in [4.78, 5) is 12.0. The smallest absolute Gasteiger partial charge is 0.251 e. The number of hydrogen-bond acceptors (Lipinski definition) is 4. The first kappa shape index (κ1) is 16.9. The van der Waals surface area contributed by atoms with Gasteiger partial charge in [0.2, 0.25) is 5.91 Å². The van der Waals surface area contributed by atoms with Crippen molar-refractivity contribution in [3.63, 3.8) is 0 Å². The van der Waals surface area contributed by atoms with E-state index in [1.165, 1.54) is 0 Å². The molecule has 2 aliphatic rings. The Kier molecular flexibility index (Phi) is 4.87. The fraction of sp³-hybridized carbons (Fsp3) is 0.562. The highest BCUT2D eigenvalue weighted by molar-refractivity contribution is 5.95. The van der Waals surface area contributed by atoms with E-state index in [1.54, 1.807) is 0 Å². The summed E-state index contributed by atoms with van der Waals surface area (Å²) in [5, 5.41) is 2.83. The Balaban J connectivity index is 0.00000176. The lowest BCUT2D eigenvalue weighted by molar-refractivity contribution is -0.118. The first-order chi connectivity index (χ1) is 9.99. The number of anilines is 1. The van der Waals surface area contributed by atoms with Crippen LogP contribution >= 0.6 is 12.4 Å². The zero-order valence-corrected chi connectivity index (χ0v) is 13.7. The van der Waals surface area contributed by atoms with Gasteiger partial charge < -0.3 is 20.5 Å². The monoisotopic (exact) mass is 326 g/mol. The van der Waals surface area contributed by atoms with Gasteiger partial charge in [0.15, 0.2) is 11.5 Å². The number of carbonyl (C=O) groups is 1. The maximum absolute atomic E-state index is 12.0. The molecule has 22 heavy (non-hydrogen) atoms. The second kappa shape index (κ2) is 6.34. The standard InChI is InChI=1S/C16H22N2O3.ClH/c1-10(2)14(17)15(19)18-11-5-6-12-13(9-11)21-16(20-12)7-3-4-8-16;/h5-6,9-10,14H,3-4,7-8,17H2,1-2H3,(H,18,19);1H/t14-;/m0./s1. The Labute approximate surface area is 137 Å².